The maximum atomic E-state index is 13.4. The highest BCUT2D eigenvalue weighted by Crippen LogP contribution is 2.16. The molecular weight excluding hydrogens is 312 g/mol. The fraction of sp³-hybridized carbons (Fsp3) is 0.273. The third-order valence-corrected chi connectivity index (χ3v) is 3.93. The first kappa shape index (κ1) is 17.0. The fourth-order valence-corrected chi connectivity index (χ4v) is 2.73. The molecule has 0 aromatic heterocycles. The number of carbonyl (C=O) groups is 2. The van der Waals surface area contributed by atoms with E-state index in [1.54, 1.807) is 4.72 Å². The van der Waals surface area contributed by atoms with Gasteiger partial charge in [0, 0.05) is 12.5 Å². The van der Waals surface area contributed by atoms with Crippen molar-refractivity contribution in [2.24, 2.45) is 0 Å². The Bertz CT molecular complexity index is 661. The lowest BCUT2D eigenvalue weighted by Crippen LogP contribution is -2.41. The van der Waals surface area contributed by atoms with Gasteiger partial charge in [0.15, 0.2) is 0 Å². The minimum absolute atomic E-state index is 0.335. The van der Waals surface area contributed by atoms with Gasteiger partial charge in [0.2, 0.25) is 10.0 Å². The van der Waals surface area contributed by atoms with E-state index in [2.05, 4.69) is 0 Å². The topological polar surface area (TPSA) is 121 Å². The van der Waals surface area contributed by atoms with Crippen molar-refractivity contribution in [1.82, 2.24) is 4.72 Å². The molecule has 0 saturated heterocycles. The van der Waals surface area contributed by atoms with Crippen LogP contribution in [0.1, 0.15) is 12.8 Å². The lowest BCUT2D eigenvalue weighted by molar-refractivity contribution is -0.140. The second-order valence-electron chi connectivity index (χ2n) is 4.02. The Morgan fingerprint density at radius 2 is 1.86 bits per heavy atom. The van der Waals surface area contributed by atoms with Crippen LogP contribution >= 0.6 is 0 Å². The molecule has 1 rings (SSSR count). The van der Waals surface area contributed by atoms with Gasteiger partial charge < -0.3 is 10.2 Å². The van der Waals surface area contributed by atoms with Gasteiger partial charge in [0.1, 0.15) is 22.6 Å². The highest BCUT2D eigenvalue weighted by Gasteiger charge is 2.28. The fourth-order valence-electron chi connectivity index (χ4n) is 1.44. The second-order valence-corrected chi connectivity index (χ2v) is 5.70. The molecule has 0 fully saturated rings. The van der Waals surface area contributed by atoms with Gasteiger partial charge >= 0.3 is 11.9 Å². The molecule has 0 aliphatic carbocycles. The standard InChI is InChI=1S/C11H11F2NO6S/c12-6-1-3-9(7(13)5-6)21(19,20)14-8(11(17)18)2-4-10(15)16/h1,3,5,8,14H,2,4H2,(H,15,16)(H,17,18). The Balaban J connectivity index is 3.00. The van der Waals surface area contributed by atoms with Gasteiger partial charge in [-0.2, -0.15) is 4.72 Å². The monoisotopic (exact) mass is 323 g/mol. The van der Waals surface area contributed by atoms with Crippen molar-refractivity contribution in [3.63, 3.8) is 0 Å². The maximum Gasteiger partial charge on any atom is 0.321 e. The van der Waals surface area contributed by atoms with Crippen LogP contribution in [0.25, 0.3) is 0 Å². The molecule has 7 nitrogen and oxygen atoms in total. The molecular formula is C11H11F2NO6S. The van der Waals surface area contributed by atoms with Crippen molar-refractivity contribution in [3.8, 4) is 0 Å². The number of carboxylic acid groups (broad SMARTS) is 2. The van der Waals surface area contributed by atoms with E-state index in [9.17, 15) is 26.8 Å². The van der Waals surface area contributed by atoms with Gasteiger partial charge in [-0.05, 0) is 18.6 Å². The third kappa shape index (κ3) is 4.76. The maximum absolute atomic E-state index is 13.4. The Morgan fingerprint density at radius 1 is 1.24 bits per heavy atom. The van der Waals surface area contributed by atoms with Crippen LogP contribution < -0.4 is 4.72 Å². The van der Waals surface area contributed by atoms with Crippen molar-refractivity contribution < 1.29 is 37.0 Å². The SMILES string of the molecule is O=C(O)CCC(NS(=O)(=O)c1ccc(F)cc1F)C(=O)O. The largest absolute Gasteiger partial charge is 0.481 e. The average molecular weight is 323 g/mol. The van der Waals surface area contributed by atoms with Gasteiger partial charge in [-0.1, -0.05) is 0 Å². The van der Waals surface area contributed by atoms with Crippen LogP contribution in [0, 0.1) is 11.6 Å². The zero-order valence-electron chi connectivity index (χ0n) is 10.4. The van der Waals surface area contributed by atoms with Gasteiger partial charge in [0.05, 0.1) is 0 Å². The molecule has 1 aromatic carbocycles. The Kier molecular flexibility index (Phi) is 5.33. The number of sulfonamides is 1. The quantitative estimate of drug-likeness (QED) is 0.674. The summed E-state index contributed by atoms with van der Waals surface area (Å²) in [6.07, 6.45) is -1.11. The van der Waals surface area contributed by atoms with Crippen LogP contribution in [0.5, 0.6) is 0 Å². The molecule has 0 radical (unpaired) electrons. The van der Waals surface area contributed by atoms with Gasteiger partial charge in [-0.25, -0.2) is 17.2 Å². The van der Waals surface area contributed by atoms with Crippen LogP contribution in [0.3, 0.4) is 0 Å². The number of nitrogens with one attached hydrogen (secondary N) is 1. The smallest absolute Gasteiger partial charge is 0.321 e. The molecule has 0 amide bonds. The summed E-state index contributed by atoms with van der Waals surface area (Å²) >= 11 is 0. The first-order chi connectivity index (χ1) is 9.63. The van der Waals surface area contributed by atoms with Crippen molar-refractivity contribution in [1.29, 1.82) is 0 Å². The van der Waals surface area contributed by atoms with Crippen LogP contribution in [-0.2, 0) is 19.6 Å². The summed E-state index contributed by atoms with van der Waals surface area (Å²) < 4.78 is 51.5. The lowest BCUT2D eigenvalue weighted by atomic mass is 10.2. The van der Waals surface area contributed by atoms with Gasteiger partial charge in [0.25, 0.3) is 0 Å². The number of hydrogen-bond acceptors (Lipinski definition) is 4. The highest BCUT2D eigenvalue weighted by molar-refractivity contribution is 7.89. The van der Waals surface area contributed by atoms with E-state index < -0.39 is 57.4 Å². The molecule has 0 aliphatic heterocycles. The first-order valence-electron chi connectivity index (χ1n) is 5.55. The molecule has 10 heteroatoms. The molecule has 3 N–H and O–H groups in total. The molecule has 0 heterocycles. The normalized spacial score (nSPS) is 12.9. The van der Waals surface area contributed by atoms with Crippen molar-refractivity contribution >= 4 is 22.0 Å². The summed E-state index contributed by atoms with van der Waals surface area (Å²) in [4.78, 5) is 20.3. The zero-order chi connectivity index (χ0) is 16.2. The molecule has 1 atom stereocenters. The van der Waals surface area contributed by atoms with Crippen molar-refractivity contribution in [3.05, 3.63) is 29.8 Å². The van der Waals surface area contributed by atoms with Crippen LogP contribution in [-0.4, -0.2) is 36.6 Å². The second kappa shape index (κ2) is 6.59. The molecule has 0 spiro atoms. The van der Waals surface area contributed by atoms with E-state index in [1.165, 1.54) is 0 Å². The average Bonchev–Trinajstić information content (AvgIpc) is 2.33. The predicted octanol–water partition coefficient (Wildman–Crippen LogP) is 0.561. The lowest BCUT2D eigenvalue weighted by Gasteiger charge is -2.14. The molecule has 0 bridgehead atoms. The number of carboxylic acids is 2. The van der Waals surface area contributed by atoms with E-state index >= 15 is 0 Å². The van der Waals surface area contributed by atoms with E-state index in [0.717, 1.165) is 0 Å². The molecule has 0 aliphatic rings. The number of rotatable bonds is 7. The number of benzene rings is 1. The number of aliphatic carboxylic acids is 2. The molecule has 1 aromatic rings. The van der Waals surface area contributed by atoms with E-state index in [4.69, 9.17) is 10.2 Å². The van der Waals surface area contributed by atoms with Crippen molar-refractivity contribution in [2.75, 3.05) is 0 Å². The highest BCUT2D eigenvalue weighted by atomic mass is 32.2. The van der Waals surface area contributed by atoms with Crippen LogP contribution in [0.15, 0.2) is 23.1 Å². The third-order valence-electron chi connectivity index (χ3n) is 2.43. The molecule has 21 heavy (non-hydrogen) atoms. The van der Waals surface area contributed by atoms with Crippen LogP contribution in [0.4, 0.5) is 8.78 Å². The molecule has 1 unspecified atom stereocenters. The molecule has 116 valence electrons. The minimum atomic E-state index is -4.57. The number of halogens is 2. The minimum Gasteiger partial charge on any atom is -0.481 e. The summed E-state index contributed by atoms with van der Waals surface area (Å²) in [6.45, 7) is 0. The van der Waals surface area contributed by atoms with E-state index in [-0.39, 0.29) is 0 Å². The summed E-state index contributed by atoms with van der Waals surface area (Å²) in [6, 6.07) is -0.0643. The van der Waals surface area contributed by atoms with Gasteiger partial charge in [-0.3, -0.25) is 9.59 Å². The summed E-state index contributed by atoms with van der Waals surface area (Å²) in [5.74, 6) is -5.30. The van der Waals surface area contributed by atoms with Crippen molar-refractivity contribution in [2.45, 2.75) is 23.8 Å². The van der Waals surface area contributed by atoms with E-state index in [0.29, 0.717) is 18.2 Å². The Hall–Kier alpha value is -2.07. The summed E-state index contributed by atoms with van der Waals surface area (Å²) in [7, 11) is -4.57. The zero-order valence-corrected chi connectivity index (χ0v) is 11.2. The summed E-state index contributed by atoms with van der Waals surface area (Å²) in [5, 5.41) is 17.3. The van der Waals surface area contributed by atoms with Crippen LogP contribution in [0.2, 0.25) is 0 Å². The Labute approximate surface area is 118 Å². The number of hydrogen-bond donors (Lipinski definition) is 3. The Morgan fingerprint density at radius 3 is 2.33 bits per heavy atom. The van der Waals surface area contributed by atoms with Gasteiger partial charge in [-0.15, -0.1) is 0 Å². The van der Waals surface area contributed by atoms with E-state index in [1.807, 2.05) is 0 Å². The summed E-state index contributed by atoms with van der Waals surface area (Å²) in [5.41, 5.74) is 0. The first-order valence-corrected chi connectivity index (χ1v) is 7.04. The predicted molar refractivity (Wildman–Crippen MR) is 65.0 cm³/mol. The molecule has 0 saturated carbocycles.